The molecule has 0 aliphatic carbocycles. The molecular formula is C8H17NO2. The first-order chi connectivity index (χ1) is 5.07. The predicted octanol–water partition coefficient (Wildman–Crippen LogP) is 0.659. The lowest BCUT2D eigenvalue weighted by atomic mass is 9.99. The van der Waals surface area contributed by atoms with Gasteiger partial charge in [0.25, 0.3) is 0 Å². The maximum atomic E-state index is 11.0. The molecule has 0 aromatic carbocycles. The minimum absolute atomic E-state index is 0.0400. The number of nitrogens with two attached hydrogens (primary N) is 1. The monoisotopic (exact) mass is 159 g/mol. The summed E-state index contributed by atoms with van der Waals surface area (Å²) in [5.41, 5.74) is 5.13. The Morgan fingerprint density at radius 1 is 1.55 bits per heavy atom. The Bertz CT molecular complexity index is 123. The zero-order valence-electron chi connectivity index (χ0n) is 7.21. The first-order valence-corrected chi connectivity index (χ1v) is 4.04. The molecule has 3 N–H and O–H groups in total. The maximum Gasteiger partial charge on any atom is 0.135 e. The fraction of sp³-hybridized carbons (Fsp3) is 0.875. The topological polar surface area (TPSA) is 63.3 Å². The van der Waals surface area contributed by atoms with Crippen LogP contribution in [0, 0.1) is 5.92 Å². The van der Waals surface area contributed by atoms with Crippen LogP contribution in [0.2, 0.25) is 0 Å². The molecule has 0 aliphatic heterocycles. The first kappa shape index (κ1) is 10.6. The quantitative estimate of drug-likeness (QED) is 0.579. The summed E-state index contributed by atoms with van der Waals surface area (Å²) < 4.78 is 0. The van der Waals surface area contributed by atoms with E-state index >= 15 is 0 Å². The highest BCUT2D eigenvalue weighted by molar-refractivity contribution is 5.80. The minimum atomic E-state index is -0.776. The predicted molar refractivity (Wildman–Crippen MR) is 43.9 cm³/mol. The number of hydrogen-bond acceptors (Lipinski definition) is 3. The van der Waals surface area contributed by atoms with Gasteiger partial charge in [-0.3, -0.25) is 4.79 Å². The van der Waals surface area contributed by atoms with Gasteiger partial charge < -0.3 is 10.8 Å². The summed E-state index contributed by atoms with van der Waals surface area (Å²) in [6, 6.07) is 0. The van der Waals surface area contributed by atoms with Crippen molar-refractivity contribution in [2.45, 2.75) is 39.3 Å². The van der Waals surface area contributed by atoms with Gasteiger partial charge in [0.05, 0.1) is 0 Å². The molecule has 0 fully saturated rings. The zero-order chi connectivity index (χ0) is 8.85. The van der Waals surface area contributed by atoms with Crippen molar-refractivity contribution in [1.29, 1.82) is 0 Å². The standard InChI is InChI=1S/C8H17NO2/c1-3-7(10)6(2)4-5-8(9)11/h6,8,11H,3-5,9H2,1-2H3/t6-,8?/m0/s1. The highest BCUT2D eigenvalue weighted by Gasteiger charge is 2.10. The van der Waals surface area contributed by atoms with Gasteiger partial charge in [0, 0.05) is 12.3 Å². The Hall–Kier alpha value is -0.410. The maximum absolute atomic E-state index is 11.0. The lowest BCUT2D eigenvalue weighted by Crippen LogP contribution is -2.21. The number of carbonyl (C=O) groups excluding carboxylic acids is 1. The van der Waals surface area contributed by atoms with Gasteiger partial charge in [0.15, 0.2) is 0 Å². The number of ketones is 1. The average Bonchev–Trinajstić information content (AvgIpc) is 1.98. The fourth-order valence-electron chi connectivity index (χ4n) is 0.930. The number of rotatable bonds is 5. The third kappa shape index (κ3) is 4.93. The largest absolute Gasteiger partial charge is 0.379 e. The van der Waals surface area contributed by atoms with E-state index < -0.39 is 6.23 Å². The van der Waals surface area contributed by atoms with Crippen LogP contribution in [0.4, 0.5) is 0 Å². The van der Waals surface area contributed by atoms with Crippen LogP contribution >= 0.6 is 0 Å². The number of aliphatic hydroxyl groups is 1. The molecule has 0 rings (SSSR count). The van der Waals surface area contributed by atoms with Crippen LogP contribution in [0.5, 0.6) is 0 Å². The molecule has 2 atom stereocenters. The summed E-state index contributed by atoms with van der Waals surface area (Å²) in [5, 5.41) is 8.72. The van der Waals surface area contributed by atoms with Crippen LogP contribution in [0.1, 0.15) is 33.1 Å². The lowest BCUT2D eigenvalue weighted by Gasteiger charge is -2.09. The third-order valence-corrected chi connectivity index (χ3v) is 1.79. The van der Waals surface area contributed by atoms with E-state index in [2.05, 4.69) is 0 Å². The second-order valence-corrected chi connectivity index (χ2v) is 2.87. The van der Waals surface area contributed by atoms with Crippen molar-refractivity contribution in [3.05, 3.63) is 0 Å². The van der Waals surface area contributed by atoms with E-state index in [1.807, 2.05) is 13.8 Å². The average molecular weight is 159 g/mol. The van der Waals surface area contributed by atoms with Crippen molar-refractivity contribution < 1.29 is 9.90 Å². The third-order valence-electron chi connectivity index (χ3n) is 1.79. The van der Waals surface area contributed by atoms with E-state index in [-0.39, 0.29) is 11.7 Å². The van der Waals surface area contributed by atoms with Gasteiger partial charge in [-0.25, -0.2) is 0 Å². The Morgan fingerprint density at radius 2 is 2.09 bits per heavy atom. The Labute approximate surface area is 67.6 Å². The molecule has 0 aliphatic rings. The highest BCUT2D eigenvalue weighted by atomic mass is 16.3. The molecule has 11 heavy (non-hydrogen) atoms. The van der Waals surface area contributed by atoms with Crippen molar-refractivity contribution in [2.75, 3.05) is 0 Å². The minimum Gasteiger partial charge on any atom is -0.379 e. The summed E-state index contributed by atoms with van der Waals surface area (Å²) in [4.78, 5) is 11.0. The molecule has 0 amide bonds. The van der Waals surface area contributed by atoms with Crippen LogP contribution in [0.15, 0.2) is 0 Å². The van der Waals surface area contributed by atoms with Gasteiger partial charge in [-0.1, -0.05) is 13.8 Å². The molecule has 1 unspecified atom stereocenters. The van der Waals surface area contributed by atoms with E-state index in [4.69, 9.17) is 10.8 Å². The molecule has 0 bridgehead atoms. The van der Waals surface area contributed by atoms with E-state index in [0.29, 0.717) is 19.3 Å². The van der Waals surface area contributed by atoms with Gasteiger partial charge >= 0.3 is 0 Å². The van der Waals surface area contributed by atoms with Gasteiger partial charge in [-0.05, 0) is 12.8 Å². The molecular weight excluding hydrogens is 142 g/mol. The van der Waals surface area contributed by atoms with Crippen LogP contribution in [-0.4, -0.2) is 17.1 Å². The molecule has 0 saturated heterocycles. The molecule has 0 aromatic rings. The summed E-state index contributed by atoms with van der Waals surface area (Å²) >= 11 is 0. The summed E-state index contributed by atoms with van der Waals surface area (Å²) in [6.45, 7) is 3.71. The lowest BCUT2D eigenvalue weighted by molar-refractivity contribution is -0.122. The van der Waals surface area contributed by atoms with E-state index in [9.17, 15) is 4.79 Å². The molecule has 0 radical (unpaired) electrons. The molecule has 3 heteroatoms. The van der Waals surface area contributed by atoms with Gasteiger partial charge in [-0.2, -0.15) is 0 Å². The van der Waals surface area contributed by atoms with Gasteiger partial charge in [-0.15, -0.1) is 0 Å². The highest BCUT2D eigenvalue weighted by Crippen LogP contribution is 2.09. The fourth-order valence-corrected chi connectivity index (χ4v) is 0.930. The molecule has 66 valence electrons. The van der Waals surface area contributed by atoms with E-state index in [1.165, 1.54) is 0 Å². The number of aliphatic hydroxyl groups excluding tert-OH is 1. The zero-order valence-corrected chi connectivity index (χ0v) is 7.21. The van der Waals surface area contributed by atoms with Gasteiger partial charge in [0.2, 0.25) is 0 Å². The second kappa shape index (κ2) is 5.27. The van der Waals surface area contributed by atoms with Crippen molar-refractivity contribution in [1.82, 2.24) is 0 Å². The molecule has 0 aromatic heterocycles. The SMILES string of the molecule is CCC(=O)[C@@H](C)CCC(N)O. The number of Topliss-reactive ketones (excluding diaryl/α,β-unsaturated/α-hetero) is 1. The van der Waals surface area contributed by atoms with E-state index in [1.54, 1.807) is 0 Å². The smallest absolute Gasteiger partial charge is 0.135 e. The van der Waals surface area contributed by atoms with E-state index in [0.717, 1.165) is 0 Å². The first-order valence-electron chi connectivity index (χ1n) is 4.04. The summed E-state index contributed by atoms with van der Waals surface area (Å²) in [5.74, 6) is 0.281. The summed E-state index contributed by atoms with van der Waals surface area (Å²) in [7, 11) is 0. The second-order valence-electron chi connectivity index (χ2n) is 2.87. The molecule has 0 heterocycles. The van der Waals surface area contributed by atoms with Crippen LogP contribution < -0.4 is 5.73 Å². The van der Waals surface area contributed by atoms with Gasteiger partial charge in [0.1, 0.15) is 12.0 Å². The van der Waals surface area contributed by atoms with Crippen LogP contribution in [0.25, 0.3) is 0 Å². The number of hydrogen-bond donors (Lipinski definition) is 2. The van der Waals surface area contributed by atoms with Crippen molar-refractivity contribution in [2.24, 2.45) is 11.7 Å². The van der Waals surface area contributed by atoms with Crippen LogP contribution in [0.3, 0.4) is 0 Å². The van der Waals surface area contributed by atoms with Crippen molar-refractivity contribution in [3.63, 3.8) is 0 Å². The summed E-state index contributed by atoms with van der Waals surface area (Å²) in [6.07, 6.45) is 0.987. The normalized spacial score (nSPS) is 16.0. The molecule has 0 spiro atoms. The Balaban J connectivity index is 3.52. The molecule has 0 saturated carbocycles. The Kier molecular flexibility index (Phi) is 5.07. The Morgan fingerprint density at radius 3 is 2.45 bits per heavy atom. The molecule has 3 nitrogen and oxygen atoms in total. The number of carbonyl (C=O) groups is 1. The van der Waals surface area contributed by atoms with Crippen molar-refractivity contribution >= 4 is 5.78 Å². The van der Waals surface area contributed by atoms with Crippen LogP contribution in [-0.2, 0) is 4.79 Å². The van der Waals surface area contributed by atoms with Crippen molar-refractivity contribution in [3.8, 4) is 0 Å².